The molecule has 0 saturated carbocycles. The molecule has 5 heteroatoms. The number of rotatable bonds is 3. The number of aliphatic hydroxyl groups excluding tert-OH is 1. The third-order valence-corrected chi connectivity index (χ3v) is 2.16. The molecule has 16 heavy (non-hydrogen) atoms. The highest BCUT2D eigenvalue weighted by molar-refractivity contribution is 5.31. The molecular formula is C11H14F3NO. The van der Waals surface area contributed by atoms with Gasteiger partial charge in [-0.25, -0.2) is 0 Å². The van der Waals surface area contributed by atoms with Crippen molar-refractivity contribution in [3.63, 3.8) is 0 Å². The van der Waals surface area contributed by atoms with Crippen molar-refractivity contribution in [3.8, 4) is 0 Å². The summed E-state index contributed by atoms with van der Waals surface area (Å²) in [7, 11) is 3.39. The minimum absolute atomic E-state index is 0.0799. The fourth-order valence-electron chi connectivity index (χ4n) is 1.49. The van der Waals surface area contributed by atoms with Gasteiger partial charge in [0, 0.05) is 6.54 Å². The normalized spacial score (nSPS) is 14.2. The number of likely N-dealkylation sites (N-methyl/N-ethyl adjacent to an activating group) is 1. The maximum atomic E-state index is 12.6. The Kier molecular flexibility index (Phi) is 3.93. The largest absolute Gasteiger partial charge is 0.416 e. The molecular weight excluding hydrogens is 219 g/mol. The van der Waals surface area contributed by atoms with Gasteiger partial charge in [0.2, 0.25) is 0 Å². The fourth-order valence-corrected chi connectivity index (χ4v) is 1.49. The van der Waals surface area contributed by atoms with Crippen molar-refractivity contribution in [2.75, 3.05) is 20.6 Å². The number of hydrogen-bond acceptors (Lipinski definition) is 2. The molecule has 0 spiro atoms. The van der Waals surface area contributed by atoms with Crippen molar-refractivity contribution >= 4 is 0 Å². The number of hydrogen-bond donors (Lipinski definition) is 1. The molecule has 0 saturated heterocycles. The molecule has 1 rings (SSSR count). The van der Waals surface area contributed by atoms with Crippen LogP contribution >= 0.6 is 0 Å². The third kappa shape index (κ3) is 3.21. The summed E-state index contributed by atoms with van der Waals surface area (Å²) in [5.74, 6) is 0. The van der Waals surface area contributed by atoms with Crippen LogP contribution in [-0.2, 0) is 6.18 Å². The highest BCUT2D eigenvalue weighted by atomic mass is 19.4. The molecule has 90 valence electrons. The first-order valence-electron chi connectivity index (χ1n) is 4.81. The second-order valence-corrected chi connectivity index (χ2v) is 3.86. The van der Waals surface area contributed by atoms with Crippen LogP contribution < -0.4 is 0 Å². The van der Waals surface area contributed by atoms with Crippen LogP contribution in [0, 0.1) is 0 Å². The van der Waals surface area contributed by atoms with Crippen molar-refractivity contribution in [2.45, 2.75) is 12.3 Å². The van der Waals surface area contributed by atoms with Gasteiger partial charge < -0.3 is 10.0 Å². The zero-order valence-electron chi connectivity index (χ0n) is 9.12. The van der Waals surface area contributed by atoms with Gasteiger partial charge in [-0.05, 0) is 25.7 Å². The predicted octanol–water partition coefficient (Wildman–Crippen LogP) is 2.30. The van der Waals surface area contributed by atoms with Crippen LogP contribution in [0.1, 0.15) is 17.2 Å². The van der Waals surface area contributed by atoms with E-state index in [-0.39, 0.29) is 12.1 Å². The number of nitrogens with zero attached hydrogens (tertiary/aromatic N) is 1. The van der Waals surface area contributed by atoms with Gasteiger partial charge in [0.25, 0.3) is 0 Å². The molecule has 1 unspecified atom stereocenters. The Bertz CT molecular complexity index is 349. The van der Waals surface area contributed by atoms with Gasteiger partial charge in [0.1, 0.15) is 0 Å². The third-order valence-electron chi connectivity index (χ3n) is 2.16. The lowest BCUT2D eigenvalue weighted by atomic mass is 10.0. The molecule has 0 heterocycles. The Morgan fingerprint density at radius 3 is 2.31 bits per heavy atom. The van der Waals surface area contributed by atoms with Crippen molar-refractivity contribution < 1.29 is 18.3 Å². The Labute approximate surface area is 92.3 Å². The van der Waals surface area contributed by atoms with E-state index in [1.54, 1.807) is 19.0 Å². The molecule has 0 amide bonds. The number of benzene rings is 1. The van der Waals surface area contributed by atoms with Crippen LogP contribution in [0.5, 0.6) is 0 Å². The first-order valence-corrected chi connectivity index (χ1v) is 4.81. The Hall–Kier alpha value is -1.07. The van der Waals surface area contributed by atoms with E-state index in [4.69, 9.17) is 0 Å². The van der Waals surface area contributed by atoms with Gasteiger partial charge in [0.05, 0.1) is 11.7 Å². The summed E-state index contributed by atoms with van der Waals surface area (Å²) >= 11 is 0. The zero-order valence-corrected chi connectivity index (χ0v) is 9.12. The lowest BCUT2D eigenvalue weighted by Crippen LogP contribution is -2.22. The van der Waals surface area contributed by atoms with E-state index < -0.39 is 17.8 Å². The van der Waals surface area contributed by atoms with Crippen LogP contribution in [0.15, 0.2) is 24.3 Å². The number of halogens is 3. The van der Waals surface area contributed by atoms with E-state index in [9.17, 15) is 18.3 Å². The van der Waals surface area contributed by atoms with Crippen molar-refractivity contribution in [2.24, 2.45) is 0 Å². The van der Waals surface area contributed by atoms with Gasteiger partial charge in [0.15, 0.2) is 0 Å². The van der Waals surface area contributed by atoms with E-state index in [2.05, 4.69) is 0 Å². The Balaban J connectivity index is 3.04. The second-order valence-electron chi connectivity index (χ2n) is 3.86. The van der Waals surface area contributed by atoms with E-state index in [0.29, 0.717) is 0 Å². The molecule has 1 N–H and O–H groups in total. The van der Waals surface area contributed by atoms with Crippen molar-refractivity contribution in [1.82, 2.24) is 4.90 Å². The molecule has 0 aliphatic heterocycles. The van der Waals surface area contributed by atoms with Gasteiger partial charge in [-0.15, -0.1) is 0 Å². The predicted molar refractivity (Wildman–Crippen MR) is 55.0 cm³/mol. The van der Waals surface area contributed by atoms with Crippen LogP contribution in [0.2, 0.25) is 0 Å². The Morgan fingerprint density at radius 1 is 1.25 bits per heavy atom. The van der Waals surface area contributed by atoms with Crippen LogP contribution in [0.25, 0.3) is 0 Å². The summed E-state index contributed by atoms with van der Waals surface area (Å²) in [5.41, 5.74) is -0.854. The lowest BCUT2D eigenvalue weighted by molar-refractivity contribution is -0.139. The van der Waals surface area contributed by atoms with E-state index in [0.717, 1.165) is 6.07 Å². The summed E-state index contributed by atoms with van der Waals surface area (Å²) in [5, 5.41) is 9.69. The summed E-state index contributed by atoms with van der Waals surface area (Å²) in [6.07, 6.45) is -5.56. The number of aliphatic hydroxyl groups is 1. The fraction of sp³-hybridized carbons (Fsp3) is 0.455. The van der Waals surface area contributed by atoms with Crippen LogP contribution in [0.4, 0.5) is 13.2 Å². The molecule has 1 atom stereocenters. The standard InChI is InChI=1S/C11H14F3NO/c1-15(2)7-10(16)8-5-3-4-6-9(8)11(12,13)14/h3-6,10,16H,7H2,1-2H3. The number of alkyl halides is 3. The van der Waals surface area contributed by atoms with Crippen molar-refractivity contribution in [1.29, 1.82) is 0 Å². The van der Waals surface area contributed by atoms with E-state index >= 15 is 0 Å². The SMILES string of the molecule is CN(C)CC(O)c1ccccc1C(F)(F)F. The van der Waals surface area contributed by atoms with E-state index in [1.165, 1.54) is 18.2 Å². The summed E-state index contributed by atoms with van der Waals surface area (Å²) < 4.78 is 37.9. The minimum Gasteiger partial charge on any atom is -0.387 e. The molecule has 0 aliphatic rings. The highest BCUT2D eigenvalue weighted by Gasteiger charge is 2.34. The molecule has 2 nitrogen and oxygen atoms in total. The average Bonchev–Trinajstić information content (AvgIpc) is 2.15. The first kappa shape index (κ1) is 13.0. The van der Waals surface area contributed by atoms with Crippen LogP contribution in [-0.4, -0.2) is 30.6 Å². The molecule has 0 radical (unpaired) electrons. The zero-order chi connectivity index (χ0) is 12.3. The second kappa shape index (κ2) is 4.84. The topological polar surface area (TPSA) is 23.5 Å². The molecule has 0 aromatic heterocycles. The average molecular weight is 233 g/mol. The minimum atomic E-state index is -4.43. The maximum absolute atomic E-state index is 12.6. The first-order chi connectivity index (χ1) is 7.32. The van der Waals surface area contributed by atoms with Crippen LogP contribution in [0.3, 0.4) is 0 Å². The highest BCUT2D eigenvalue weighted by Crippen LogP contribution is 2.34. The molecule has 0 bridgehead atoms. The van der Waals surface area contributed by atoms with Gasteiger partial charge in [-0.3, -0.25) is 0 Å². The Morgan fingerprint density at radius 2 is 1.81 bits per heavy atom. The smallest absolute Gasteiger partial charge is 0.387 e. The van der Waals surface area contributed by atoms with Gasteiger partial charge >= 0.3 is 6.18 Å². The molecule has 0 aliphatic carbocycles. The maximum Gasteiger partial charge on any atom is 0.416 e. The summed E-state index contributed by atoms with van der Waals surface area (Å²) in [4.78, 5) is 1.64. The summed E-state index contributed by atoms with van der Waals surface area (Å²) in [6.45, 7) is 0.160. The van der Waals surface area contributed by atoms with E-state index in [1.807, 2.05) is 0 Å². The lowest BCUT2D eigenvalue weighted by Gasteiger charge is -2.20. The van der Waals surface area contributed by atoms with Crippen molar-refractivity contribution in [3.05, 3.63) is 35.4 Å². The van der Waals surface area contributed by atoms with Gasteiger partial charge in [-0.2, -0.15) is 13.2 Å². The van der Waals surface area contributed by atoms with Gasteiger partial charge in [-0.1, -0.05) is 18.2 Å². The molecule has 1 aromatic rings. The molecule has 1 aromatic carbocycles. The monoisotopic (exact) mass is 233 g/mol. The summed E-state index contributed by atoms with van der Waals surface area (Å²) in [6, 6.07) is 5.09. The molecule has 0 fully saturated rings. The quantitative estimate of drug-likeness (QED) is 0.865.